The molecule has 1 unspecified atom stereocenters. The van der Waals surface area contributed by atoms with Crippen molar-refractivity contribution < 1.29 is 14.7 Å². The van der Waals surface area contributed by atoms with Gasteiger partial charge in [-0.1, -0.05) is 43.3 Å². The molecule has 0 aliphatic carbocycles. The first-order valence-corrected chi connectivity index (χ1v) is 9.77. The van der Waals surface area contributed by atoms with Gasteiger partial charge in [-0.15, -0.1) is 0 Å². The molecule has 1 aliphatic heterocycles. The molecule has 1 fully saturated rings. The van der Waals surface area contributed by atoms with Crippen LogP contribution in [0.25, 0.3) is 5.76 Å². The highest BCUT2D eigenvalue weighted by atomic mass is 16.3. The monoisotopic (exact) mass is 399 g/mol. The Morgan fingerprint density at radius 1 is 1.00 bits per heavy atom. The lowest BCUT2D eigenvalue weighted by atomic mass is 9.97. The van der Waals surface area contributed by atoms with Gasteiger partial charge >= 0.3 is 0 Å². The number of likely N-dealkylation sites (tertiary alicyclic amines) is 1. The van der Waals surface area contributed by atoms with Crippen molar-refractivity contribution in [1.29, 1.82) is 0 Å². The first-order chi connectivity index (χ1) is 14.6. The third kappa shape index (κ3) is 3.59. The Morgan fingerprint density at radius 2 is 1.80 bits per heavy atom. The molecule has 0 spiro atoms. The molecule has 3 aromatic rings. The number of carbonyl (C=O) groups is 2. The molecule has 0 saturated carbocycles. The van der Waals surface area contributed by atoms with Gasteiger partial charge in [-0.25, -0.2) is 0 Å². The molecule has 1 amide bonds. The molecular formula is C24H21N3O3. The van der Waals surface area contributed by atoms with Gasteiger partial charge in [0.15, 0.2) is 0 Å². The van der Waals surface area contributed by atoms with Crippen molar-refractivity contribution in [3.05, 3.63) is 101 Å². The van der Waals surface area contributed by atoms with E-state index in [4.69, 9.17) is 0 Å². The van der Waals surface area contributed by atoms with Gasteiger partial charge in [0.1, 0.15) is 11.8 Å². The summed E-state index contributed by atoms with van der Waals surface area (Å²) in [5.41, 5.74) is 2.96. The lowest BCUT2D eigenvalue weighted by Gasteiger charge is -2.24. The minimum absolute atomic E-state index is 0.0480. The van der Waals surface area contributed by atoms with Crippen LogP contribution in [0.3, 0.4) is 0 Å². The number of aliphatic hydroxyl groups excluding tert-OH is 1. The standard InChI is InChI=1S/C24H21N3O3/c1-2-16-8-10-18(11-9-16)22(28)20-21(19-7-3-4-13-26-19)27(24(30)23(20)29)15-17-6-5-12-25-14-17/h3-14,21,28H,2,15H2,1H3/b22-20-. The molecule has 1 N–H and O–H groups in total. The van der Waals surface area contributed by atoms with E-state index < -0.39 is 17.7 Å². The molecule has 6 nitrogen and oxygen atoms in total. The number of ketones is 1. The van der Waals surface area contributed by atoms with Crippen LogP contribution >= 0.6 is 0 Å². The summed E-state index contributed by atoms with van der Waals surface area (Å²) < 4.78 is 0. The van der Waals surface area contributed by atoms with E-state index in [0.717, 1.165) is 17.5 Å². The lowest BCUT2D eigenvalue weighted by Crippen LogP contribution is -2.29. The zero-order valence-electron chi connectivity index (χ0n) is 16.5. The Labute approximate surface area is 174 Å². The van der Waals surface area contributed by atoms with Gasteiger partial charge in [-0.2, -0.15) is 0 Å². The van der Waals surface area contributed by atoms with Gasteiger partial charge in [-0.05, 0) is 35.7 Å². The van der Waals surface area contributed by atoms with E-state index in [9.17, 15) is 14.7 Å². The zero-order valence-corrected chi connectivity index (χ0v) is 16.5. The summed E-state index contributed by atoms with van der Waals surface area (Å²) in [4.78, 5) is 35.8. The van der Waals surface area contributed by atoms with Gasteiger partial charge < -0.3 is 10.0 Å². The van der Waals surface area contributed by atoms with E-state index >= 15 is 0 Å². The number of amides is 1. The zero-order chi connectivity index (χ0) is 21.1. The van der Waals surface area contributed by atoms with Gasteiger partial charge in [0, 0.05) is 30.7 Å². The van der Waals surface area contributed by atoms with E-state index in [1.165, 1.54) is 4.90 Å². The fraction of sp³-hybridized carbons (Fsp3) is 0.167. The summed E-state index contributed by atoms with van der Waals surface area (Å²) in [5, 5.41) is 11.0. The van der Waals surface area contributed by atoms with E-state index in [1.54, 1.807) is 55.0 Å². The number of Topliss-reactive ketones (excluding diaryl/α,β-unsaturated/α-hetero) is 1. The van der Waals surface area contributed by atoms with Crippen molar-refractivity contribution in [2.75, 3.05) is 0 Å². The number of hydrogen-bond acceptors (Lipinski definition) is 5. The first kappa shape index (κ1) is 19.5. The molecule has 3 heterocycles. The van der Waals surface area contributed by atoms with Crippen molar-refractivity contribution in [2.45, 2.75) is 25.9 Å². The molecule has 30 heavy (non-hydrogen) atoms. The Hall–Kier alpha value is -3.80. The van der Waals surface area contributed by atoms with Gasteiger partial charge in [0.05, 0.1) is 11.3 Å². The van der Waals surface area contributed by atoms with Crippen molar-refractivity contribution in [3.8, 4) is 0 Å². The van der Waals surface area contributed by atoms with E-state index in [0.29, 0.717) is 11.3 Å². The minimum atomic E-state index is -0.780. The second-order valence-corrected chi connectivity index (χ2v) is 7.09. The van der Waals surface area contributed by atoms with Crippen molar-refractivity contribution in [1.82, 2.24) is 14.9 Å². The highest BCUT2D eigenvalue weighted by molar-refractivity contribution is 6.46. The average Bonchev–Trinajstić information content (AvgIpc) is 3.05. The molecule has 150 valence electrons. The summed E-state index contributed by atoms with van der Waals surface area (Å²) in [6.45, 7) is 2.23. The number of hydrogen-bond donors (Lipinski definition) is 1. The molecule has 6 heteroatoms. The molecular weight excluding hydrogens is 378 g/mol. The van der Waals surface area contributed by atoms with Gasteiger partial charge in [0.25, 0.3) is 11.7 Å². The fourth-order valence-corrected chi connectivity index (χ4v) is 3.63. The van der Waals surface area contributed by atoms with Crippen LogP contribution in [-0.4, -0.2) is 31.7 Å². The predicted octanol–water partition coefficient (Wildman–Crippen LogP) is 3.66. The van der Waals surface area contributed by atoms with E-state index in [2.05, 4.69) is 9.97 Å². The molecule has 4 rings (SSSR count). The number of carbonyl (C=O) groups excluding carboxylic acids is 2. The largest absolute Gasteiger partial charge is 0.507 e. The first-order valence-electron chi connectivity index (χ1n) is 9.77. The molecule has 2 aromatic heterocycles. The van der Waals surface area contributed by atoms with Crippen LogP contribution < -0.4 is 0 Å². The SMILES string of the molecule is CCc1ccc(/C(O)=C2/C(=O)C(=O)N(Cc3cccnc3)C2c2ccccn2)cc1. The van der Waals surface area contributed by atoms with Crippen LogP contribution in [0.15, 0.2) is 78.8 Å². The third-order valence-electron chi connectivity index (χ3n) is 5.22. The number of nitrogens with zero attached hydrogens (tertiary/aromatic N) is 3. The van der Waals surface area contributed by atoms with Crippen LogP contribution in [-0.2, 0) is 22.6 Å². The fourth-order valence-electron chi connectivity index (χ4n) is 3.63. The molecule has 1 aliphatic rings. The molecule has 0 radical (unpaired) electrons. The van der Waals surface area contributed by atoms with Crippen molar-refractivity contribution in [2.24, 2.45) is 0 Å². The summed E-state index contributed by atoms with van der Waals surface area (Å²) in [6, 6.07) is 15.5. The average molecular weight is 399 g/mol. The van der Waals surface area contributed by atoms with Crippen molar-refractivity contribution >= 4 is 17.4 Å². The lowest BCUT2D eigenvalue weighted by molar-refractivity contribution is -0.140. The second kappa shape index (κ2) is 8.29. The van der Waals surface area contributed by atoms with E-state index in [1.807, 2.05) is 25.1 Å². The van der Waals surface area contributed by atoms with Crippen LogP contribution in [0.1, 0.15) is 35.3 Å². The number of aromatic nitrogens is 2. The second-order valence-electron chi connectivity index (χ2n) is 7.09. The van der Waals surface area contributed by atoms with Crippen molar-refractivity contribution in [3.63, 3.8) is 0 Å². The highest BCUT2D eigenvalue weighted by Crippen LogP contribution is 2.39. The van der Waals surface area contributed by atoms with Crippen LogP contribution in [0.5, 0.6) is 0 Å². The Kier molecular flexibility index (Phi) is 5.39. The summed E-state index contributed by atoms with van der Waals surface area (Å²) in [6.07, 6.45) is 5.77. The highest BCUT2D eigenvalue weighted by Gasteiger charge is 2.46. The molecule has 0 bridgehead atoms. The molecule has 1 saturated heterocycles. The predicted molar refractivity (Wildman–Crippen MR) is 112 cm³/mol. The Bertz CT molecular complexity index is 1090. The van der Waals surface area contributed by atoms with Crippen LogP contribution in [0, 0.1) is 0 Å². The maximum absolute atomic E-state index is 13.0. The Morgan fingerprint density at radius 3 is 2.43 bits per heavy atom. The number of benzene rings is 1. The summed E-state index contributed by atoms with van der Waals surface area (Å²) >= 11 is 0. The number of rotatable bonds is 5. The van der Waals surface area contributed by atoms with E-state index in [-0.39, 0.29) is 17.9 Å². The third-order valence-corrected chi connectivity index (χ3v) is 5.22. The normalized spacial score (nSPS) is 18.0. The quantitative estimate of drug-likeness (QED) is 0.402. The number of pyridine rings is 2. The smallest absolute Gasteiger partial charge is 0.296 e. The maximum Gasteiger partial charge on any atom is 0.296 e. The van der Waals surface area contributed by atoms with Crippen LogP contribution in [0.4, 0.5) is 0 Å². The topological polar surface area (TPSA) is 83.4 Å². The molecule has 1 atom stereocenters. The van der Waals surface area contributed by atoms with Gasteiger partial charge in [0.2, 0.25) is 0 Å². The minimum Gasteiger partial charge on any atom is -0.507 e. The summed E-state index contributed by atoms with van der Waals surface area (Å²) in [5.74, 6) is -1.58. The molecule has 1 aromatic carbocycles. The number of aliphatic hydroxyl groups is 1. The van der Waals surface area contributed by atoms with Gasteiger partial charge in [-0.3, -0.25) is 19.6 Å². The number of aryl methyl sites for hydroxylation is 1. The van der Waals surface area contributed by atoms with Crippen LogP contribution in [0.2, 0.25) is 0 Å². The summed E-state index contributed by atoms with van der Waals surface area (Å²) in [7, 11) is 0. The Balaban J connectivity index is 1.83. The maximum atomic E-state index is 13.0.